The summed E-state index contributed by atoms with van der Waals surface area (Å²) in [4.78, 5) is 30.2. The van der Waals surface area contributed by atoms with Gasteiger partial charge < -0.3 is 15.0 Å². The van der Waals surface area contributed by atoms with Gasteiger partial charge in [-0.05, 0) is 49.4 Å². The lowest BCUT2D eigenvalue weighted by molar-refractivity contribution is -0.135. The van der Waals surface area contributed by atoms with Crippen LogP contribution in [0.2, 0.25) is 0 Å². The standard InChI is InChI=1S/C21H24FN3O3/c22-18-7-1-2-8-19(18)24-20(26)10-9-16-5-4-12-25(14-16)21(27)15-28-17-6-3-11-23-13-17/h1-3,6-8,11,13,16H,4-5,9-10,12,14-15H2,(H,24,26)/t16-/m0/s1. The van der Waals surface area contributed by atoms with Crippen molar-refractivity contribution in [1.82, 2.24) is 9.88 Å². The fourth-order valence-electron chi connectivity index (χ4n) is 3.31. The maximum absolute atomic E-state index is 13.6. The number of nitrogens with zero attached hydrogens (tertiary/aromatic N) is 2. The van der Waals surface area contributed by atoms with Gasteiger partial charge in [-0.25, -0.2) is 4.39 Å². The van der Waals surface area contributed by atoms with Crippen LogP contribution in [-0.2, 0) is 9.59 Å². The highest BCUT2D eigenvalue weighted by atomic mass is 19.1. The Hall–Kier alpha value is -2.96. The molecule has 0 radical (unpaired) electrons. The molecule has 2 aromatic rings. The average Bonchev–Trinajstić information content (AvgIpc) is 2.73. The summed E-state index contributed by atoms with van der Waals surface area (Å²) in [6.45, 7) is 1.29. The van der Waals surface area contributed by atoms with E-state index in [9.17, 15) is 14.0 Å². The third-order valence-electron chi connectivity index (χ3n) is 4.80. The highest BCUT2D eigenvalue weighted by Crippen LogP contribution is 2.22. The normalized spacial score (nSPS) is 16.5. The van der Waals surface area contributed by atoms with Crippen LogP contribution in [0.3, 0.4) is 0 Å². The fourth-order valence-corrected chi connectivity index (χ4v) is 3.31. The van der Waals surface area contributed by atoms with Crippen molar-refractivity contribution in [2.24, 2.45) is 5.92 Å². The highest BCUT2D eigenvalue weighted by Gasteiger charge is 2.24. The molecule has 0 unspecified atom stereocenters. The summed E-state index contributed by atoms with van der Waals surface area (Å²) in [5.74, 6) is 0.0911. The average molecular weight is 385 g/mol. The van der Waals surface area contributed by atoms with Crippen molar-refractivity contribution in [1.29, 1.82) is 0 Å². The van der Waals surface area contributed by atoms with E-state index < -0.39 is 5.82 Å². The Morgan fingerprint density at radius 1 is 1.25 bits per heavy atom. The van der Waals surface area contributed by atoms with Gasteiger partial charge in [-0.15, -0.1) is 0 Å². The van der Waals surface area contributed by atoms with Gasteiger partial charge in [0.1, 0.15) is 11.6 Å². The van der Waals surface area contributed by atoms with Gasteiger partial charge in [0.2, 0.25) is 5.91 Å². The second-order valence-corrected chi connectivity index (χ2v) is 6.89. The van der Waals surface area contributed by atoms with Gasteiger partial charge in [0.05, 0.1) is 11.9 Å². The number of carbonyl (C=O) groups is 2. The summed E-state index contributed by atoms with van der Waals surface area (Å²) >= 11 is 0. The van der Waals surface area contributed by atoms with E-state index in [4.69, 9.17) is 4.74 Å². The molecule has 2 amide bonds. The number of pyridine rings is 1. The molecule has 6 nitrogen and oxygen atoms in total. The Balaban J connectivity index is 1.42. The van der Waals surface area contributed by atoms with Crippen molar-refractivity contribution in [2.75, 3.05) is 25.0 Å². The largest absolute Gasteiger partial charge is 0.482 e. The Bertz CT molecular complexity index is 800. The van der Waals surface area contributed by atoms with Crippen LogP contribution in [-0.4, -0.2) is 41.4 Å². The molecule has 1 aromatic carbocycles. The fraction of sp³-hybridized carbons (Fsp3) is 0.381. The molecule has 3 rings (SSSR count). The lowest BCUT2D eigenvalue weighted by Gasteiger charge is -2.32. The number of rotatable bonds is 7. The van der Waals surface area contributed by atoms with Crippen LogP contribution >= 0.6 is 0 Å². The number of ether oxygens (including phenoxy) is 1. The van der Waals surface area contributed by atoms with Crippen LogP contribution in [0, 0.1) is 11.7 Å². The number of amides is 2. The van der Waals surface area contributed by atoms with Crippen molar-refractivity contribution in [3.05, 3.63) is 54.6 Å². The summed E-state index contributed by atoms with van der Waals surface area (Å²) in [5, 5.41) is 2.60. The molecule has 0 spiro atoms. The second kappa shape index (κ2) is 9.82. The van der Waals surface area contributed by atoms with E-state index in [1.54, 1.807) is 41.6 Å². The van der Waals surface area contributed by atoms with Crippen molar-refractivity contribution in [3.63, 3.8) is 0 Å². The minimum absolute atomic E-state index is 0.0216. The molecule has 1 fully saturated rings. The molecule has 2 heterocycles. The van der Waals surface area contributed by atoms with E-state index in [-0.39, 0.29) is 30.0 Å². The number of para-hydroxylation sites is 1. The van der Waals surface area contributed by atoms with Crippen LogP contribution in [0.4, 0.5) is 10.1 Å². The number of anilines is 1. The first-order chi connectivity index (χ1) is 13.6. The highest BCUT2D eigenvalue weighted by molar-refractivity contribution is 5.90. The molecule has 7 heteroatoms. The predicted octanol–water partition coefficient (Wildman–Crippen LogP) is 3.26. The van der Waals surface area contributed by atoms with E-state index in [0.29, 0.717) is 31.7 Å². The van der Waals surface area contributed by atoms with Crippen LogP contribution < -0.4 is 10.1 Å². The monoisotopic (exact) mass is 385 g/mol. The van der Waals surface area contributed by atoms with Crippen LogP contribution in [0.25, 0.3) is 0 Å². The molecular weight excluding hydrogens is 361 g/mol. The topological polar surface area (TPSA) is 71.5 Å². The summed E-state index contributed by atoms with van der Waals surface area (Å²) in [7, 11) is 0. The Morgan fingerprint density at radius 3 is 2.89 bits per heavy atom. The van der Waals surface area contributed by atoms with Gasteiger partial charge in [-0.2, -0.15) is 0 Å². The van der Waals surface area contributed by atoms with Gasteiger partial charge in [-0.1, -0.05) is 12.1 Å². The van der Waals surface area contributed by atoms with E-state index in [0.717, 1.165) is 12.8 Å². The van der Waals surface area contributed by atoms with Gasteiger partial charge in [0.25, 0.3) is 5.91 Å². The molecule has 28 heavy (non-hydrogen) atoms. The predicted molar refractivity (Wildman–Crippen MR) is 103 cm³/mol. The zero-order chi connectivity index (χ0) is 19.8. The zero-order valence-electron chi connectivity index (χ0n) is 15.6. The molecule has 0 aliphatic carbocycles. The third-order valence-corrected chi connectivity index (χ3v) is 4.80. The number of likely N-dealkylation sites (tertiary alicyclic amines) is 1. The van der Waals surface area contributed by atoms with Crippen LogP contribution in [0.1, 0.15) is 25.7 Å². The summed E-state index contributed by atoms with van der Waals surface area (Å²) in [6, 6.07) is 9.62. The van der Waals surface area contributed by atoms with E-state index >= 15 is 0 Å². The summed E-state index contributed by atoms with van der Waals surface area (Å²) in [6.07, 6.45) is 6.05. The van der Waals surface area contributed by atoms with Crippen LogP contribution in [0.5, 0.6) is 5.75 Å². The first kappa shape index (κ1) is 19.8. The van der Waals surface area contributed by atoms with E-state index in [1.807, 2.05) is 0 Å². The molecule has 148 valence electrons. The Morgan fingerprint density at radius 2 is 2.11 bits per heavy atom. The van der Waals surface area contributed by atoms with E-state index in [2.05, 4.69) is 10.3 Å². The number of hydrogen-bond acceptors (Lipinski definition) is 4. The molecule has 1 aliphatic rings. The number of piperidine rings is 1. The number of carbonyl (C=O) groups excluding carboxylic acids is 2. The van der Waals surface area contributed by atoms with Crippen molar-refractivity contribution < 1.29 is 18.7 Å². The van der Waals surface area contributed by atoms with Crippen molar-refractivity contribution in [2.45, 2.75) is 25.7 Å². The maximum atomic E-state index is 13.6. The molecule has 1 saturated heterocycles. The molecule has 1 atom stereocenters. The first-order valence-corrected chi connectivity index (χ1v) is 9.47. The number of halogens is 1. The first-order valence-electron chi connectivity index (χ1n) is 9.47. The van der Waals surface area contributed by atoms with E-state index in [1.165, 1.54) is 12.1 Å². The number of aromatic nitrogens is 1. The Labute approximate surface area is 163 Å². The quantitative estimate of drug-likeness (QED) is 0.794. The Kier molecular flexibility index (Phi) is 6.94. The van der Waals surface area contributed by atoms with Gasteiger partial charge in [0.15, 0.2) is 6.61 Å². The summed E-state index contributed by atoms with van der Waals surface area (Å²) in [5.41, 5.74) is 0.195. The molecular formula is C21H24FN3O3. The van der Waals surface area contributed by atoms with Crippen molar-refractivity contribution in [3.8, 4) is 5.75 Å². The number of benzene rings is 1. The van der Waals surface area contributed by atoms with Crippen molar-refractivity contribution >= 4 is 17.5 Å². The third kappa shape index (κ3) is 5.77. The smallest absolute Gasteiger partial charge is 0.260 e. The molecule has 0 bridgehead atoms. The molecule has 1 aliphatic heterocycles. The second-order valence-electron chi connectivity index (χ2n) is 6.89. The minimum Gasteiger partial charge on any atom is -0.482 e. The zero-order valence-corrected chi connectivity index (χ0v) is 15.6. The van der Waals surface area contributed by atoms with Crippen LogP contribution in [0.15, 0.2) is 48.8 Å². The SMILES string of the molecule is O=C(CC[C@@H]1CCCN(C(=O)COc2cccnc2)C1)Nc1ccccc1F. The van der Waals surface area contributed by atoms with Gasteiger partial charge in [0, 0.05) is 25.7 Å². The molecule has 1 N–H and O–H groups in total. The molecule has 0 saturated carbocycles. The minimum atomic E-state index is -0.445. The lowest BCUT2D eigenvalue weighted by Crippen LogP contribution is -2.42. The maximum Gasteiger partial charge on any atom is 0.260 e. The van der Waals surface area contributed by atoms with Gasteiger partial charge >= 0.3 is 0 Å². The lowest BCUT2D eigenvalue weighted by atomic mass is 9.93. The van der Waals surface area contributed by atoms with Gasteiger partial charge in [-0.3, -0.25) is 14.6 Å². The molecule has 1 aromatic heterocycles. The number of hydrogen-bond donors (Lipinski definition) is 1. The number of nitrogens with one attached hydrogen (secondary N) is 1. The summed E-state index contributed by atoms with van der Waals surface area (Å²) < 4.78 is 19.1.